The van der Waals surface area contributed by atoms with Crippen molar-refractivity contribution in [1.82, 2.24) is 29.5 Å². The van der Waals surface area contributed by atoms with Crippen LogP contribution in [0.4, 0.5) is 11.5 Å². The quantitative estimate of drug-likeness (QED) is 0.272. The van der Waals surface area contributed by atoms with Crippen LogP contribution < -0.4 is 21.7 Å². The number of carbonyl (C=O) groups is 1. The summed E-state index contributed by atoms with van der Waals surface area (Å²) in [6, 6.07) is 9.11. The summed E-state index contributed by atoms with van der Waals surface area (Å²) in [5.74, 6) is -0.00199. The summed E-state index contributed by atoms with van der Waals surface area (Å²) in [6.07, 6.45) is 4.72. The van der Waals surface area contributed by atoms with Gasteiger partial charge in [-0.2, -0.15) is 9.61 Å². The van der Waals surface area contributed by atoms with E-state index in [9.17, 15) is 14.7 Å². The fourth-order valence-electron chi connectivity index (χ4n) is 4.22. The highest BCUT2D eigenvalue weighted by molar-refractivity contribution is 6.30. The van der Waals surface area contributed by atoms with Crippen LogP contribution in [0, 0.1) is 0 Å². The number of ether oxygens (including phenoxy) is 1. The van der Waals surface area contributed by atoms with Crippen molar-refractivity contribution in [3.8, 4) is 5.88 Å². The van der Waals surface area contributed by atoms with Crippen LogP contribution in [0.3, 0.4) is 0 Å². The zero-order valence-corrected chi connectivity index (χ0v) is 20.7. The summed E-state index contributed by atoms with van der Waals surface area (Å²) in [5, 5.41) is 18.9. The number of imidazole rings is 1. The number of piperidine rings is 1. The van der Waals surface area contributed by atoms with Crippen LogP contribution in [0.25, 0.3) is 11.7 Å². The molecule has 1 aliphatic heterocycles. The van der Waals surface area contributed by atoms with Crippen molar-refractivity contribution in [1.29, 1.82) is 0 Å². The van der Waals surface area contributed by atoms with Crippen molar-refractivity contribution in [2.24, 2.45) is 4.99 Å². The number of halogens is 1. The molecule has 192 valence electrons. The number of esters is 1. The van der Waals surface area contributed by atoms with Gasteiger partial charge in [-0.1, -0.05) is 17.7 Å². The Bertz CT molecular complexity index is 1620. The zero-order chi connectivity index (χ0) is 25.9. The number of nitrogens with one attached hydrogen (secondary N) is 3. The molecule has 4 heterocycles. The van der Waals surface area contributed by atoms with E-state index >= 15 is 0 Å². The van der Waals surface area contributed by atoms with Crippen LogP contribution in [0.2, 0.25) is 5.02 Å². The first-order valence-electron chi connectivity index (χ1n) is 11.7. The molecule has 0 unspecified atom stereocenters. The van der Waals surface area contributed by atoms with E-state index in [4.69, 9.17) is 26.3 Å². The summed E-state index contributed by atoms with van der Waals surface area (Å²) in [5.41, 5.74) is 1.52. The number of nitrogens with zero attached hydrogens (tertiary/aromatic N) is 5. The standard InChI is InChI=1S/C24H25ClN8O4/c1-37-21(34)13-32-7-5-16(6-8-32)28-20-11-19(27-17-4-2-3-15(25)10-17)30-22-14(12-26-33(20)22)9-18-23(35)31-24(36)29-18/h2-4,9-12,16,27,35H,5-8,13H2,1H3,(H2,29,31,36)/b14-9+,28-20?. The molecule has 0 bridgehead atoms. The normalized spacial score (nSPS) is 15.9. The summed E-state index contributed by atoms with van der Waals surface area (Å²) in [4.78, 5) is 39.7. The fourth-order valence-corrected chi connectivity index (χ4v) is 4.41. The topological polar surface area (TPSA) is 153 Å². The molecule has 37 heavy (non-hydrogen) atoms. The van der Waals surface area contributed by atoms with Crippen LogP contribution in [0.5, 0.6) is 5.88 Å². The molecular weight excluding hydrogens is 500 g/mol. The van der Waals surface area contributed by atoms with Crippen LogP contribution in [-0.2, 0) is 9.53 Å². The Morgan fingerprint density at radius 3 is 2.84 bits per heavy atom. The average Bonchev–Trinajstić information content (AvgIpc) is 3.42. The van der Waals surface area contributed by atoms with Crippen molar-refractivity contribution in [3.63, 3.8) is 0 Å². The van der Waals surface area contributed by atoms with Crippen molar-refractivity contribution in [2.45, 2.75) is 18.9 Å². The van der Waals surface area contributed by atoms with E-state index in [-0.39, 0.29) is 30.1 Å². The summed E-state index contributed by atoms with van der Waals surface area (Å²) in [6.45, 7) is 1.72. The molecule has 13 heteroatoms. The highest BCUT2D eigenvalue weighted by Crippen LogP contribution is 2.19. The third kappa shape index (κ3) is 5.65. The smallest absolute Gasteiger partial charge is 0.326 e. The Morgan fingerprint density at radius 1 is 1.32 bits per heavy atom. The number of fused-ring (bicyclic) bond motifs is 1. The molecule has 0 amide bonds. The molecule has 0 atom stereocenters. The van der Waals surface area contributed by atoms with Crippen LogP contribution in [0.15, 0.2) is 46.3 Å². The highest BCUT2D eigenvalue weighted by atomic mass is 35.5. The largest absolute Gasteiger partial charge is 0.493 e. The number of carbonyl (C=O) groups excluding carboxylic acids is 1. The second kappa shape index (κ2) is 10.4. The SMILES string of the molecule is COC(=O)CN1CCC(N=c2cc(Nc3cccc(Cl)c3)nc3/c(=C/c4[nH]c(=O)[nH]c4O)cnn23)CC1. The number of hydrogen-bond donors (Lipinski definition) is 4. The number of rotatable bonds is 6. The number of aromatic amines is 2. The van der Waals surface area contributed by atoms with E-state index in [1.807, 2.05) is 12.1 Å². The van der Waals surface area contributed by atoms with E-state index in [2.05, 4.69) is 25.3 Å². The lowest BCUT2D eigenvalue weighted by Crippen LogP contribution is -2.39. The summed E-state index contributed by atoms with van der Waals surface area (Å²) < 4.78 is 6.39. The van der Waals surface area contributed by atoms with Gasteiger partial charge in [0.25, 0.3) is 0 Å². The second-order valence-corrected chi connectivity index (χ2v) is 9.10. The lowest BCUT2D eigenvalue weighted by atomic mass is 10.1. The minimum absolute atomic E-state index is 0.0280. The Labute approximate surface area is 215 Å². The van der Waals surface area contributed by atoms with Gasteiger partial charge in [0.2, 0.25) is 5.88 Å². The molecule has 1 fully saturated rings. The van der Waals surface area contributed by atoms with Gasteiger partial charge in [0.05, 0.1) is 25.9 Å². The lowest BCUT2D eigenvalue weighted by molar-refractivity contribution is -0.142. The van der Waals surface area contributed by atoms with Gasteiger partial charge in [0.1, 0.15) is 11.5 Å². The monoisotopic (exact) mass is 524 g/mol. The van der Waals surface area contributed by atoms with Crippen molar-refractivity contribution in [2.75, 3.05) is 32.1 Å². The van der Waals surface area contributed by atoms with E-state index in [0.29, 0.717) is 27.2 Å². The zero-order valence-electron chi connectivity index (χ0n) is 19.9. The van der Waals surface area contributed by atoms with Crippen molar-refractivity contribution in [3.05, 3.63) is 68.4 Å². The molecule has 0 radical (unpaired) electrons. The first-order valence-corrected chi connectivity index (χ1v) is 12.0. The summed E-state index contributed by atoms with van der Waals surface area (Å²) in [7, 11) is 1.39. The van der Waals surface area contributed by atoms with Crippen LogP contribution in [0.1, 0.15) is 18.5 Å². The number of aromatic nitrogens is 5. The van der Waals surface area contributed by atoms with Gasteiger partial charge < -0.3 is 20.1 Å². The van der Waals surface area contributed by atoms with Gasteiger partial charge in [0, 0.05) is 35.1 Å². The third-order valence-corrected chi connectivity index (χ3v) is 6.30. The van der Waals surface area contributed by atoms with Gasteiger partial charge in [-0.25, -0.2) is 9.78 Å². The maximum atomic E-state index is 11.6. The first-order chi connectivity index (χ1) is 17.9. The lowest BCUT2D eigenvalue weighted by Gasteiger charge is -2.28. The number of H-pyrrole nitrogens is 2. The molecule has 0 aliphatic carbocycles. The van der Waals surface area contributed by atoms with Crippen LogP contribution in [-0.4, -0.2) is 73.3 Å². The van der Waals surface area contributed by atoms with E-state index in [0.717, 1.165) is 31.6 Å². The highest BCUT2D eigenvalue weighted by Gasteiger charge is 2.21. The number of aromatic hydroxyl groups is 1. The second-order valence-electron chi connectivity index (χ2n) is 8.67. The van der Waals surface area contributed by atoms with Crippen molar-refractivity contribution < 1.29 is 14.6 Å². The number of anilines is 2. The number of benzene rings is 1. The predicted molar refractivity (Wildman–Crippen MR) is 137 cm³/mol. The van der Waals surface area contributed by atoms with Gasteiger partial charge in [0.15, 0.2) is 11.1 Å². The van der Waals surface area contributed by atoms with Gasteiger partial charge in [-0.3, -0.25) is 19.7 Å². The minimum Gasteiger partial charge on any atom is -0.493 e. The number of methoxy groups -OCH3 is 1. The Kier molecular flexibility index (Phi) is 6.93. The number of likely N-dealkylation sites (tertiary alicyclic amines) is 1. The van der Waals surface area contributed by atoms with Crippen LogP contribution >= 0.6 is 11.6 Å². The molecule has 3 aromatic heterocycles. The third-order valence-electron chi connectivity index (χ3n) is 6.06. The maximum Gasteiger partial charge on any atom is 0.326 e. The van der Waals surface area contributed by atoms with E-state index in [1.165, 1.54) is 7.11 Å². The van der Waals surface area contributed by atoms with Gasteiger partial charge in [-0.05, 0) is 37.1 Å². The Hall–Kier alpha value is -4.16. The molecule has 12 nitrogen and oxygen atoms in total. The predicted octanol–water partition coefficient (Wildman–Crippen LogP) is 0.934. The van der Waals surface area contributed by atoms with E-state index in [1.54, 1.807) is 35.0 Å². The fraction of sp³-hybridized carbons (Fsp3) is 0.292. The van der Waals surface area contributed by atoms with Gasteiger partial charge in [-0.15, -0.1) is 0 Å². The average molecular weight is 525 g/mol. The molecule has 4 N–H and O–H groups in total. The molecule has 4 aromatic rings. The maximum absolute atomic E-state index is 11.6. The van der Waals surface area contributed by atoms with E-state index < -0.39 is 5.69 Å². The number of hydrogen-bond acceptors (Lipinski definition) is 9. The van der Waals surface area contributed by atoms with Crippen molar-refractivity contribution >= 4 is 40.8 Å². The molecule has 1 aliphatic rings. The molecule has 0 spiro atoms. The molecule has 1 saturated heterocycles. The van der Waals surface area contributed by atoms with Gasteiger partial charge >= 0.3 is 11.7 Å². The first kappa shape index (κ1) is 24.5. The Morgan fingerprint density at radius 2 is 2.14 bits per heavy atom. The molecule has 5 rings (SSSR count). The minimum atomic E-state index is -0.522. The molecule has 1 aromatic carbocycles. The Balaban J connectivity index is 1.54. The molecule has 0 saturated carbocycles. The summed E-state index contributed by atoms with van der Waals surface area (Å²) >= 11 is 6.15. The molecular formula is C24H25ClN8O4.